The first-order valence-corrected chi connectivity index (χ1v) is 5.93. The number of nitrogens with one attached hydrogen (secondary N) is 2. The minimum absolute atomic E-state index is 0.0956. The molecule has 4 nitrogen and oxygen atoms in total. The topological polar surface area (TPSA) is 50.4 Å². The van der Waals surface area contributed by atoms with Crippen molar-refractivity contribution < 1.29 is 9.53 Å². The van der Waals surface area contributed by atoms with Crippen LogP contribution in [-0.2, 0) is 9.53 Å². The summed E-state index contributed by atoms with van der Waals surface area (Å²) < 4.78 is 5.29. The molecule has 16 heavy (non-hydrogen) atoms. The first-order chi connectivity index (χ1) is 7.70. The SMILES string of the molecule is COC1CCC(NC(=O)C(C)=C2CNC2)C1. The molecule has 4 heteroatoms. The molecule has 0 aromatic rings. The fourth-order valence-electron chi connectivity index (χ4n) is 2.25. The first kappa shape index (κ1) is 11.6. The van der Waals surface area contributed by atoms with Gasteiger partial charge in [0, 0.05) is 31.8 Å². The van der Waals surface area contributed by atoms with E-state index in [1.54, 1.807) is 7.11 Å². The maximum atomic E-state index is 11.9. The summed E-state index contributed by atoms with van der Waals surface area (Å²) in [5, 5.41) is 6.24. The van der Waals surface area contributed by atoms with Crippen LogP contribution in [0.15, 0.2) is 11.1 Å². The van der Waals surface area contributed by atoms with E-state index in [-0.39, 0.29) is 5.91 Å². The van der Waals surface area contributed by atoms with Gasteiger partial charge in [0.05, 0.1) is 6.10 Å². The van der Waals surface area contributed by atoms with Crippen molar-refractivity contribution in [2.45, 2.75) is 38.3 Å². The Labute approximate surface area is 96.4 Å². The molecule has 1 saturated heterocycles. The van der Waals surface area contributed by atoms with Gasteiger partial charge < -0.3 is 15.4 Å². The Kier molecular flexibility index (Phi) is 3.61. The molecule has 2 atom stereocenters. The van der Waals surface area contributed by atoms with Crippen molar-refractivity contribution in [3.63, 3.8) is 0 Å². The summed E-state index contributed by atoms with van der Waals surface area (Å²) >= 11 is 0. The summed E-state index contributed by atoms with van der Waals surface area (Å²) in [6.07, 6.45) is 3.36. The van der Waals surface area contributed by atoms with Gasteiger partial charge in [0.1, 0.15) is 0 Å². The Morgan fingerprint density at radius 2 is 2.19 bits per heavy atom. The largest absolute Gasteiger partial charge is 0.381 e. The van der Waals surface area contributed by atoms with Crippen molar-refractivity contribution in [1.82, 2.24) is 10.6 Å². The lowest BCUT2D eigenvalue weighted by molar-refractivity contribution is -0.118. The van der Waals surface area contributed by atoms with Gasteiger partial charge in [-0.2, -0.15) is 0 Å². The monoisotopic (exact) mass is 224 g/mol. The van der Waals surface area contributed by atoms with Crippen LogP contribution in [0.25, 0.3) is 0 Å². The van der Waals surface area contributed by atoms with Crippen LogP contribution in [0.3, 0.4) is 0 Å². The van der Waals surface area contributed by atoms with Crippen molar-refractivity contribution in [3.8, 4) is 0 Å². The van der Waals surface area contributed by atoms with E-state index >= 15 is 0 Å². The molecule has 1 aliphatic carbocycles. The van der Waals surface area contributed by atoms with E-state index < -0.39 is 0 Å². The maximum Gasteiger partial charge on any atom is 0.247 e. The molecule has 1 heterocycles. The zero-order valence-electron chi connectivity index (χ0n) is 10.0. The van der Waals surface area contributed by atoms with E-state index in [9.17, 15) is 4.79 Å². The molecule has 2 fully saturated rings. The van der Waals surface area contributed by atoms with Crippen LogP contribution in [0.1, 0.15) is 26.2 Å². The third kappa shape index (κ3) is 2.44. The van der Waals surface area contributed by atoms with E-state index in [1.165, 1.54) is 5.57 Å². The van der Waals surface area contributed by atoms with E-state index in [0.717, 1.165) is 37.9 Å². The molecule has 0 aromatic carbocycles. The van der Waals surface area contributed by atoms with Crippen molar-refractivity contribution in [2.75, 3.05) is 20.2 Å². The minimum atomic E-state index is 0.0956. The molecule has 1 aliphatic heterocycles. The summed E-state index contributed by atoms with van der Waals surface area (Å²) in [4.78, 5) is 11.9. The number of methoxy groups -OCH3 is 1. The average molecular weight is 224 g/mol. The third-order valence-corrected chi connectivity index (χ3v) is 3.60. The van der Waals surface area contributed by atoms with Gasteiger partial charge in [-0.05, 0) is 31.8 Å². The highest BCUT2D eigenvalue weighted by Crippen LogP contribution is 2.22. The van der Waals surface area contributed by atoms with Crippen molar-refractivity contribution in [3.05, 3.63) is 11.1 Å². The fourth-order valence-corrected chi connectivity index (χ4v) is 2.25. The molecule has 0 bridgehead atoms. The second-order valence-electron chi connectivity index (χ2n) is 4.67. The third-order valence-electron chi connectivity index (χ3n) is 3.60. The van der Waals surface area contributed by atoms with Crippen LogP contribution in [-0.4, -0.2) is 38.3 Å². The Balaban J connectivity index is 1.84. The van der Waals surface area contributed by atoms with Gasteiger partial charge in [0.25, 0.3) is 0 Å². The van der Waals surface area contributed by atoms with Crippen LogP contribution < -0.4 is 10.6 Å². The number of carbonyl (C=O) groups excluding carboxylic acids is 1. The van der Waals surface area contributed by atoms with Gasteiger partial charge in [-0.3, -0.25) is 4.79 Å². The number of carbonyl (C=O) groups is 1. The van der Waals surface area contributed by atoms with E-state index in [1.807, 2.05) is 6.92 Å². The number of hydrogen-bond donors (Lipinski definition) is 2. The highest BCUT2D eigenvalue weighted by molar-refractivity contribution is 5.94. The molecular weight excluding hydrogens is 204 g/mol. The summed E-state index contributed by atoms with van der Waals surface area (Å²) in [6, 6.07) is 0.293. The lowest BCUT2D eigenvalue weighted by Gasteiger charge is -2.22. The Bertz CT molecular complexity index is 306. The van der Waals surface area contributed by atoms with Crippen molar-refractivity contribution in [1.29, 1.82) is 0 Å². The molecule has 2 aliphatic rings. The predicted molar refractivity (Wildman–Crippen MR) is 62.1 cm³/mol. The second-order valence-corrected chi connectivity index (χ2v) is 4.67. The first-order valence-electron chi connectivity index (χ1n) is 5.93. The molecule has 1 amide bonds. The van der Waals surface area contributed by atoms with E-state index in [4.69, 9.17) is 4.74 Å². The molecule has 2 unspecified atom stereocenters. The van der Waals surface area contributed by atoms with E-state index in [0.29, 0.717) is 12.1 Å². The lowest BCUT2D eigenvalue weighted by atomic mass is 10.0. The summed E-state index contributed by atoms with van der Waals surface area (Å²) in [5.41, 5.74) is 2.12. The van der Waals surface area contributed by atoms with Gasteiger partial charge >= 0.3 is 0 Å². The molecule has 2 N–H and O–H groups in total. The Hall–Kier alpha value is -0.870. The molecule has 2 rings (SSSR count). The smallest absolute Gasteiger partial charge is 0.247 e. The zero-order valence-corrected chi connectivity index (χ0v) is 10.0. The van der Waals surface area contributed by atoms with Crippen LogP contribution >= 0.6 is 0 Å². The maximum absolute atomic E-state index is 11.9. The quantitative estimate of drug-likeness (QED) is 0.690. The summed E-state index contributed by atoms with van der Waals surface area (Å²) in [7, 11) is 1.74. The number of hydrogen-bond acceptors (Lipinski definition) is 3. The normalized spacial score (nSPS) is 28.8. The van der Waals surface area contributed by atoms with Gasteiger partial charge in [-0.1, -0.05) is 0 Å². The molecular formula is C12H20N2O2. The van der Waals surface area contributed by atoms with E-state index in [2.05, 4.69) is 10.6 Å². The Morgan fingerprint density at radius 3 is 2.69 bits per heavy atom. The standard InChI is InChI=1S/C12H20N2O2/c1-8(9-6-13-7-9)12(15)14-10-3-4-11(5-10)16-2/h10-11,13H,3-7H2,1-2H3,(H,14,15). The van der Waals surface area contributed by atoms with Crippen LogP contribution in [0, 0.1) is 0 Å². The second kappa shape index (κ2) is 4.97. The Morgan fingerprint density at radius 1 is 1.44 bits per heavy atom. The van der Waals surface area contributed by atoms with Gasteiger partial charge in [-0.15, -0.1) is 0 Å². The predicted octanol–water partition coefficient (Wildman–Crippen LogP) is 0.590. The minimum Gasteiger partial charge on any atom is -0.381 e. The molecule has 0 aromatic heterocycles. The number of amides is 1. The summed E-state index contributed by atoms with van der Waals surface area (Å²) in [6.45, 7) is 3.64. The van der Waals surface area contributed by atoms with Crippen LogP contribution in [0.2, 0.25) is 0 Å². The molecule has 90 valence electrons. The molecule has 0 spiro atoms. The highest BCUT2D eigenvalue weighted by Gasteiger charge is 2.26. The highest BCUT2D eigenvalue weighted by atomic mass is 16.5. The number of rotatable bonds is 3. The van der Waals surface area contributed by atoms with Gasteiger partial charge in [0.15, 0.2) is 0 Å². The van der Waals surface area contributed by atoms with Gasteiger partial charge in [0.2, 0.25) is 5.91 Å². The lowest BCUT2D eigenvalue weighted by Crippen LogP contribution is -2.39. The molecule has 0 radical (unpaired) electrons. The van der Waals surface area contributed by atoms with Crippen molar-refractivity contribution >= 4 is 5.91 Å². The zero-order chi connectivity index (χ0) is 11.5. The summed E-state index contributed by atoms with van der Waals surface area (Å²) in [5.74, 6) is 0.0956. The number of ether oxygens (including phenoxy) is 1. The van der Waals surface area contributed by atoms with Crippen LogP contribution in [0.4, 0.5) is 0 Å². The fraction of sp³-hybridized carbons (Fsp3) is 0.750. The average Bonchev–Trinajstić information content (AvgIpc) is 2.62. The van der Waals surface area contributed by atoms with Crippen molar-refractivity contribution in [2.24, 2.45) is 0 Å². The van der Waals surface area contributed by atoms with Crippen LogP contribution in [0.5, 0.6) is 0 Å². The molecule has 1 saturated carbocycles. The van der Waals surface area contributed by atoms with Gasteiger partial charge in [-0.25, -0.2) is 0 Å².